The molecule has 0 radical (unpaired) electrons. The number of benzene rings is 1. The van der Waals surface area contributed by atoms with Gasteiger partial charge in [0.25, 0.3) is 0 Å². The van der Waals surface area contributed by atoms with Crippen LogP contribution >= 0.6 is 0 Å². The van der Waals surface area contributed by atoms with Crippen LogP contribution in [0.2, 0.25) is 0 Å². The van der Waals surface area contributed by atoms with Gasteiger partial charge in [-0.15, -0.1) is 0 Å². The fourth-order valence-corrected chi connectivity index (χ4v) is 1.87. The number of nitrogens with one attached hydrogen (secondary N) is 1. The smallest absolute Gasteiger partial charge is 0.148 e. The molecule has 1 N–H and O–H groups in total. The third kappa shape index (κ3) is 2.36. The largest absolute Gasteiger partial charge is 0.307 e. The number of para-hydroxylation sites is 1. The van der Waals surface area contributed by atoms with Crippen LogP contribution in [0.15, 0.2) is 30.3 Å². The van der Waals surface area contributed by atoms with Crippen LogP contribution in [0.3, 0.4) is 0 Å². The summed E-state index contributed by atoms with van der Waals surface area (Å²) in [6.07, 6.45) is 2.58. The van der Waals surface area contributed by atoms with Crippen molar-refractivity contribution in [3.05, 3.63) is 42.0 Å². The van der Waals surface area contributed by atoms with Gasteiger partial charge in [-0.25, -0.2) is 9.67 Å². The molecule has 1 aliphatic carbocycles. The quantitative estimate of drug-likeness (QED) is 0.868. The Morgan fingerprint density at radius 2 is 2.06 bits per heavy atom. The summed E-state index contributed by atoms with van der Waals surface area (Å²) in [6, 6.07) is 10.8. The molecule has 4 heteroatoms. The summed E-state index contributed by atoms with van der Waals surface area (Å²) in [6.45, 7) is 2.72. The zero-order valence-corrected chi connectivity index (χ0v) is 9.93. The van der Waals surface area contributed by atoms with Gasteiger partial charge in [0.2, 0.25) is 0 Å². The molecule has 4 nitrogen and oxygen atoms in total. The Labute approximate surface area is 101 Å². The van der Waals surface area contributed by atoms with Crippen molar-refractivity contribution >= 4 is 0 Å². The van der Waals surface area contributed by atoms with E-state index in [0.29, 0.717) is 6.04 Å². The predicted octanol–water partition coefficient (Wildman–Crippen LogP) is 1.83. The molecular formula is C13H16N4. The highest BCUT2D eigenvalue weighted by atomic mass is 15.4. The highest BCUT2D eigenvalue weighted by Gasteiger charge is 2.21. The molecular weight excluding hydrogens is 212 g/mol. The number of aryl methyl sites for hydroxylation is 1. The van der Waals surface area contributed by atoms with Gasteiger partial charge in [0, 0.05) is 6.04 Å². The van der Waals surface area contributed by atoms with Crippen molar-refractivity contribution in [3.63, 3.8) is 0 Å². The predicted molar refractivity (Wildman–Crippen MR) is 66.0 cm³/mol. The van der Waals surface area contributed by atoms with Crippen molar-refractivity contribution in [3.8, 4) is 5.69 Å². The lowest BCUT2D eigenvalue weighted by atomic mass is 10.3. The minimum absolute atomic E-state index is 0.691. The van der Waals surface area contributed by atoms with Crippen LogP contribution in [-0.2, 0) is 6.54 Å². The molecule has 0 saturated heterocycles. The second-order valence-corrected chi connectivity index (χ2v) is 4.48. The molecule has 1 saturated carbocycles. The zero-order chi connectivity index (χ0) is 11.7. The first-order valence-corrected chi connectivity index (χ1v) is 6.04. The SMILES string of the molecule is Cc1nc(CNC2CC2)n(-c2ccccc2)n1. The van der Waals surface area contributed by atoms with Crippen LogP contribution in [0.25, 0.3) is 5.69 Å². The van der Waals surface area contributed by atoms with Crippen LogP contribution in [0, 0.1) is 6.92 Å². The second kappa shape index (κ2) is 4.30. The summed E-state index contributed by atoms with van der Waals surface area (Å²) in [5.74, 6) is 1.81. The van der Waals surface area contributed by atoms with Crippen LogP contribution in [0.4, 0.5) is 0 Å². The lowest BCUT2D eigenvalue weighted by Gasteiger charge is -2.06. The van der Waals surface area contributed by atoms with E-state index < -0.39 is 0 Å². The summed E-state index contributed by atoms with van der Waals surface area (Å²) in [5.41, 5.74) is 1.07. The van der Waals surface area contributed by atoms with Crippen LogP contribution in [-0.4, -0.2) is 20.8 Å². The zero-order valence-electron chi connectivity index (χ0n) is 9.93. The maximum atomic E-state index is 4.48. The topological polar surface area (TPSA) is 42.7 Å². The van der Waals surface area contributed by atoms with E-state index in [4.69, 9.17) is 0 Å². The Balaban J connectivity index is 1.86. The number of aromatic nitrogens is 3. The number of nitrogens with zero attached hydrogens (tertiary/aromatic N) is 3. The molecule has 0 spiro atoms. The Morgan fingerprint density at radius 3 is 2.76 bits per heavy atom. The minimum atomic E-state index is 0.691. The van der Waals surface area contributed by atoms with Crippen LogP contribution in [0.1, 0.15) is 24.5 Å². The van der Waals surface area contributed by atoms with Crippen LogP contribution in [0.5, 0.6) is 0 Å². The molecule has 1 heterocycles. The van der Waals surface area contributed by atoms with Crippen molar-refractivity contribution in [1.29, 1.82) is 0 Å². The second-order valence-electron chi connectivity index (χ2n) is 4.48. The van der Waals surface area contributed by atoms with Crippen molar-refractivity contribution in [2.75, 3.05) is 0 Å². The molecule has 2 aromatic rings. The average molecular weight is 228 g/mol. The van der Waals surface area contributed by atoms with E-state index in [1.54, 1.807) is 0 Å². The molecule has 0 aliphatic heterocycles. The summed E-state index contributed by atoms with van der Waals surface area (Å²) < 4.78 is 1.92. The fraction of sp³-hybridized carbons (Fsp3) is 0.385. The third-order valence-electron chi connectivity index (χ3n) is 2.91. The molecule has 0 unspecified atom stereocenters. The van der Waals surface area contributed by atoms with E-state index in [9.17, 15) is 0 Å². The van der Waals surface area contributed by atoms with E-state index in [1.807, 2.05) is 29.8 Å². The van der Waals surface area contributed by atoms with Gasteiger partial charge in [-0.05, 0) is 31.9 Å². The average Bonchev–Trinajstić information content (AvgIpc) is 3.11. The summed E-state index contributed by atoms with van der Waals surface area (Å²) in [7, 11) is 0. The first-order chi connectivity index (χ1) is 8.33. The lowest BCUT2D eigenvalue weighted by Crippen LogP contribution is -2.18. The van der Waals surface area contributed by atoms with Gasteiger partial charge in [0.15, 0.2) is 0 Å². The number of hydrogen-bond acceptors (Lipinski definition) is 3. The molecule has 17 heavy (non-hydrogen) atoms. The third-order valence-corrected chi connectivity index (χ3v) is 2.91. The lowest BCUT2D eigenvalue weighted by molar-refractivity contribution is 0.638. The Kier molecular flexibility index (Phi) is 2.65. The molecule has 0 amide bonds. The van der Waals surface area contributed by atoms with E-state index in [-0.39, 0.29) is 0 Å². The Bertz CT molecular complexity index is 499. The van der Waals surface area contributed by atoms with Gasteiger partial charge in [0.05, 0.1) is 12.2 Å². The molecule has 1 aliphatic rings. The molecule has 1 fully saturated rings. The van der Waals surface area contributed by atoms with Crippen molar-refractivity contribution in [1.82, 2.24) is 20.1 Å². The maximum absolute atomic E-state index is 4.48. The molecule has 88 valence electrons. The highest BCUT2D eigenvalue weighted by molar-refractivity contribution is 5.31. The fourth-order valence-electron chi connectivity index (χ4n) is 1.87. The van der Waals surface area contributed by atoms with Crippen molar-refractivity contribution in [2.45, 2.75) is 32.4 Å². The standard InChI is InChI=1S/C13H16N4/c1-10-15-13(9-14-11-7-8-11)17(16-10)12-5-3-2-4-6-12/h2-6,11,14H,7-9H2,1H3. The van der Waals surface area contributed by atoms with Crippen LogP contribution < -0.4 is 5.32 Å². The number of hydrogen-bond donors (Lipinski definition) is 1. The summed E-state index contributed by atoms with van der Waals surface area (Å²) >= 11 is 0. The summed E-state index contributed by atoms with van der Waals surface area (Å²) in [4.78, 5) is 4.48. The van der Waals surface area contributed by atoms with Gasteiger partial charge in [-0.2, -0.15) is 5.10 Å². The molecule has 0 bridgehead atoms. The van der Waals surface area contributed by atoms with Gasteiger partial charge in [-0.3, -0.25) is 0 Å². The van der Waals surface area contributed by atoms with E-state index in [0.717, 1.165) is 23.9 Å². The first kappa shape index (κ1) is 10.5. The normalized spacial score (nSPS) is 15.1. The van der Waals surface area contributed by atoms with Crippen molar-refractivity contribution in [2.24, 2.45) is 0 Å². The minimum Gasteiger partial charge on any atom is -0.307 e. The summed E-state index contributed by atoms with van der Waals surface area (Å²) in [5, 5.41) is 7.92. The highest BCUT2D eigenvalue weighted by Crippen LogP contribution is 2.19. The first-order valence-electron chi connectivity index (χ1n) is 6.04. The Hall–Kier alpha value is -1.68. The molecule has 0 atom stereocenters. The molecule has 1 aromatic heterocycles. The van der Waals surface area contributed by atoms with Crippen molar-refractivity contribution < 1.29 is 0 Å². The Morgan fingerprint density at radius 1 is 1.29 bits per heavy atom. The van der Waals surface area contributed by atoms with Gasteiger partial charge in [-0.1, -0.05) is 18.2 Å². The van der Waals surface area contributed by atoms with E-state index in [2.05, 4.69) is 27.5 Å². The number of rotatable bonds is 4. The van der Waals surface area contributed by atoms with E-state index in [1.165, 1.54) is 12.8 Å². The maximum Gasteiger partial charge on any atom is 0.148 e. The van der Waals surface area contributed by atoms with Gasteiger partial charge >= 0.3 is 0 Å². The van der Waals surface area contributed by atoms with E-state index >= 15 is 0 Å². The molecule has 1 aromatic carbocycles. The molecule has 3 rings (SSSR count). The monoisotopic (exact) mass is 228 g/mol. The van der Waals surface area contributed by atoms with Gasteiger partial charge < -0.3 is 5.32 Å². The van der Waals surface area contributed by atoms with Gasteiger partial charge in [0.1, 0.15) is 11.6 Å².